The highest BCUT2D eigenvalue weighted by molar-refractivity contribution is 7.89. The van der Waals surface area contributed by atoms with Gasteiger partial charge in [-0.3, -0.25) is 9.97 Å². The Labute approximate surface area is 176 Å². The lowest BCUT2D eigenvalue weighted by molar-refractivity contribution is 0.371. The van der Waals surface area contributed by atoms with Crippen LogP contribution in [0.1, 0.15) is 23.6 Å². The van der Waals surface area contributed by atoms with E-state index in [0.717, 1.165) is 27.1 Å². The molecule has 0 aliphatic carbocycles. The summed E-state index contributed by atoms with van der Waals surface area (Å²) in [5, 5.41) is 8.31. The maximum Gasteiger partial charge on any atom is 0.279 e. The second kappa shape index (κ2) is 7.26. The first-order valence-electron chi connectivity index (χ1n) is 9.13. The predicted octanol–water partition coefficient (Wildman–Crippen LogP) is 4.37. The average molecular weight is 439 g/mol. The minimum atomic E-state index is -4.06. The molecule has 0 saturated heterocycles. The van der Waals surface area contributed by atoms with Crippen LogP contribution in [0.3, 0.4) is 0 Å². The van der Waals surface area contributed by atoms with Crippen LogP contribution in [0.4, 0.5) is 4.39 Å². The Bertz CT molecular complexity index is 1370. The quantitative estimate of drug-likeness (QED) is 0.474. The van der Waals surface area contributed by atoms with Crippen LogP contribution < -0.4 is 0 Å². The zero-order chi connectivity index (χ0) is 20.7. The molecule has 150 valence electrons. The van der Waals surface area contributed by atoms with Gasteiger partial charge in [-0.15, -0.1) is 0 Å². The fourth-order valence-corrected chi connectivity index (χ4v) is 5.61. The molecule has 1 aliphatic rings. The molecule has 6 nitrogen and oxygen atoms in total. The van der Waals surface area contributed by atoms with Crippen LogP contribution >= 0.6 is 11.3 Å². The minimum absolute atomic E-state index is 0.136. The summed E-state index contributed by atoms with van der Waals surface area (Å²) < 4.78 is 41.6. The molecule has 0 N–H and O–H groups in total. The van der Waals surface area contributed by atoms with Crippen molar-refractivity contribution in [3.05, 3.63) is 88.6 Å². The van der Waals surface area contributed by atoms with E-state index >= 15 is 0 Å². The second-order valence-electron chi connectivity index (χ2n) is 6.82. The highest BCUT2D eigenvalue weighted by atomic mass is 32.2. The summed E-state index contributed by atoms with van der Waals surface area (Å²) in [6.45, 7) is 0. The molecule has 30 heavy (non-hydrogen) atoms. The van der Waals surface area contributed by atoms with E-state index in [1.807, 2.05) is 35.0 Å². The third-order valence-electron chi connectivity index (χ3n) is 4.95. The molecule has 2 aromatic heterocycles. The number of fused-ring (bicyclic) bond motifs is 1. The number of hydrogen-bond donors (Lipinski definition) is 0. The highest BCUT2D eigenvalue weighted by Gasteiger charge is 2.38. The smallest absolute Gasteiger partial charge is 0.253 e. The SMILES string of the molecule is O=S(=O)(c1cccc(F)c1)N1N=C(c2ccsc2)CC1c1ccc2nccnc2c1. The van der Waals surface area contributed by atoms with Crippen molar-refractivity contribution in [2.24, 2.45) is 5.10 Å². The Morgan fingerprint density at radius 3 is 2.63 bits per heavy atom. The highest BCUT2D eigenvalue weighted by Crippen LogP contribution is 2.38. The van der Waals surface area contributed by atoms with Crippen molar-refractivity contribution in [3.63, 3.8) is 0 Å². The van der Waals surface area contributed by atoms with Crippen LogP contribution in [0.15, 0.2) is 81.7 Å². The van der Waals surface area contributed by atoms with Crippen LogP contribution in [0.2, 0.25) is 0 Å². The van der Waals surface area contributed by atoms with Gasteiger partial charge in [-0.05, 0) is 52.7 Å². The van der Waals surface area contributed by atoms with Gasteiger partial charge >= 0.3 is 0 Å². The molecule has 9 heteroatoms. The summed E-state index contributed by atoms with van der Waals surface area (Å²) >= 11 is 1.52. The van der Waals surface area contributed by atoms with Gasteiger partial charge in [0.2, 0.25) is 0 Å². The first-order valence-corrected chi connectivity index (χ1v) is 11.5. The average Bonchev–Trinajstić information content (AvgIpc) is 3.43. The number of nitrogens with zero attached hydrogens (tertiary/aromatic N) is 4. The van der Waals surface area contributed by atoms with E-state index in [2.05, 4.69) is 15.1 Å². The zero-order valence-electron chi connectivity index (χ0n) is 15.5. The van der Waals surface area contributed by atoms with Crippen molar-refractivity contribution in [1.82, 2.24) is 14.4 Å². The van der Waals surface area contributed by atoms with Gasteiger partial charge in [0.25, 0.3) is 10.0 Å². The number of sulfonamides is 1. The molecule has 0 fully saturated rings. The predicted molar refractivity (Wildman–Crippen MR) is 113 cm³/mol. The molecular weight excluding hydrogens is 423 g/mol. The lowest BCUT2D eigenvalue weighted by Gasteiger charge is -2.23. The van der Waals surface area contributed by atoms with Gasteiger partial charge in [-0.25, -0.2) is 4.39 Å². The standard InChI is InChI=1S/C21H15FN4O2S2/c22-16-2-1-3-17(11-16)30(27,28)26-21(12-19(25-26)15-6-9-29-13-15)14-4-5-18-20(10-14)24-8-7-23-18/h1-11,13,21H,12H2. The van der Waals surface area contributed by atoms with Gasteiger partial charge in [0.15, 0.2) is 0 Å². The van der Waals surface area contributed by atoms with Gasteiger partial charge in [-0.2, -0.15) is 29.3 Å². The van der Waals surface area contributed by atoms with E-state index in [9.17, 15) is 12.8 Å². The van der Waals surface area contributed by atoms with E-state index < -0.39 is 21.9 Å². The van der Waals surface area contributed by atoms with Crippen LogP contribution in [0, 0.1) is 5.82 Å². The number of halogens is 1. The van der Waals surface area contributed by atoms with Crippen molar-refractivity contribution in [1.29, 1.82) is 0 Å². The normalized spacial score (nSPS) is 16.8. The maximum absolute atomic E-state index is 13.7. The number of aromatic nitrogens is 2. The van der Waals surface area contributed by atoms with Crippen molar-refractivity contribution in [2.75, 3.05) is 0 Å². The molecular formula is C21H15FN4O2S2. The second-order valence-corrected chi connectivity index (χ2v) is 9.39. The van der Waals surface area contributed by atoms with E-state index in [1.54, 1.807) is 12.4 Å². The fraction of sp³-hybridized carbons (Fsp3) is 0.0952. The van der Waals surface area contributed by atoms with E-state index in [4.69, 9.17) is 0 Å². The molecule has 0 bridgehead atoms. The summed E-state index contributed by atoms with van der Waals surface area (Å²) in [5.41, 5.74) is 3.68. The first-order chi connectivity index (χ1) is 14.5. The minimum Gasteiger partial charge on any atom is -0.253 e. The van der Waals surface area contributed by atoms with Crippen LogP contribution in [0.5, 0.6) is 0 Å². The Morgan fingerprint density at radius 1 is 1.03 bits per heavy atom. The number of thiophene rings is 1. The van der Waals surface area contributed by atoms with Crippen molar-refractivity contribution in [3.8, 4) is 0 Å². The number of hydrazone groups is 1. The van der Waals surface area contributed by atoms with Crippen molar-refractivity contribution < 1.29 is 12.8 Å². The van der Waals surface area contributed by atoms with Crippen LogP contribution in [-0.4, -0.2) is 28.5 Å². The molecule has 1 aliphatic heterocycles. The topological polar surface area (TPSA) is 75.5 Å². The Morgan fingerprint density at radius 2 is 1.87 bits per heavy atom. The third-order valence-corrected chi connectivity index (χ3v) is 7.31. The summed E-state index contributed by atoms with van der Waals surface area (Å²) in [6, 6.07) is 11.8. The largest absolute Gasteiger partial charge is 0.279 e. The number of hydrogen-bond acceptors (Lipinski definition) is 6. The van der Waals surface area contributed by atoms with Gasteiger partial charge in [0, 0.05) is 24.4 Å². The molecule has 3 heterocycles. The summed E-state index contributed by atoms with van der Waals surface area (Å²) in [7, 11) is -4.06. The molecule has 4 aromatic rings. The van der Waals surface area contributed by atoms with Crippen molar-refractivity contribution in [2.45, 2.75) is 17.4 Å². The first kappa shape index (κ1) is 18.8. The number of rotatable bonds is 4. The molecule has 0 radical (unpaired) electrons. The van der Waals surface area contributed by atoms with Crippen molar-refractivity contribution >= 4 is 38.1 Å². The van der Waals surface area contributed by atoms with E-state index in [1.165, 1.54) is 29.5 Å². The Hall–Kier alpha value is -3.17. The summed E-state index contributed by atoms with van der Waals surface area (Å²) in [6.07, 6.45) is 3.60. The molecule has 2 aromatic carbocycles. The van der Waals surface area contributed by atoms with Gasteiger partial charge in [-0.1, -0.05) is 12.1 Å². The van der Waals surface area contributed by atoms with Crippen LogP contribution in [-0.2, 0) is 10.0 Å². The molecule has 1 unspecified atom stereocenters. The molecule has 0 amide bonds. The van der Waals surface area contributed by atoms with Gasteiger partial charge in [0.05, 0.1) is 27.7 Å². The van der Waals surface area contributed by atoms with E-state index in [-0.39, 0.29) is 4.90 Å². The Kier molecular flexibility index (Phi) is 4.56. The molecule has 0 spiro atoms. The molecule has 1 atom stereocenters. The Balaban J connectivity index is 1.63. The third kappa shape index (κ3) is 3.25. The monoisotopic (exact) mass is 438 g/mol. The van der Waals surface area contributed by atoms with Gasteiger partial charge in [0.1, 0.15) is 5.82 Å². The lowest BCUT2D eigenvalue weighted by Crippen LogP contribution is -2.27. The lowest BCUT2D eigenvalue weighted by atomic mass is 10.00. The van der Waals surface area contributed by atoms with E-state index in [0.29, 0.717) is 17.6 Å². The van der Waals surface area contributed by atoms with Crippen LogP contribution in [0.25, 0.3) is 11.0 Å². The summed E-state index contributed by atoms with van der Waals surface area (Å²) in [5.74, 6) is -0.616. The number of benzene rings is 2. The molecule has 5 rings (SSSR count). The molecule has 0 saturated carbocycles. The summed E-state index contributed by atoms with van der Waals surface area (Å²) in [4.78, 5) is 8.45. The van der Waals surface area contributed by atoms with Gasteiger partial charge < -0.3 is 0 Å². The zero-order valence-corrected chi connectivity index (χ0v) is 17.1. The fourth-order valence-electron chi connectivity index (χ4n) is 3.48. The maximum atomic E-state index is 13.7.